The molecule has 0 bridgehead atoms. The van der Waals surface area contributed by atoms with Gasteiger partial charge in [0.25, 0.3) is 0 Å². The number of aromatic hydroxyl groups is 2. The van der Waals surface area contributed by atoms with E-state index in [0.29, 0.717) is 5.41 Å². The largest absolute Gasteiger partial charge is 0.504 e. The minimum absolute atomic E-state index is 0.0970. The van der Waals surface area contributed by atoms with Gasteiger partial charge in [0.2, 0.25) is 0 Å². The highest BCUT2D eigenvalue weighted by Crippen LogP contribution is 2.29. The van der Waals surface area contributed by atoms with Gasteiger partial charge in [-0.1, -0.05) is 6.58 Å². The van der Waals surface area contributed by atoms with Gasteiger partial charge < -0.3 is 14.4 Å². The van der Waals surface area contributed by atoms with Gasteiger partial charge in [0.15, 0.2) is 11.5 Å². The van der Waals surface area contributed by atoms with E-state index >= 15 is 0 Å². The second-order valence-corrected chi connectivity index (χ2v) is 3.88. The monoisotopic (exact) mass is 216 g/mol. The quantitative estimate of drug-likeness (QED) is 0.580. The van der Waals surface area contributed by atoms with Crippen molar-refractivity contribution >= 4 is 10.1 Å². The first kappa shape index (κ1) is 10.4. The molecule has 6 heteroatoms. The van der Waals surface area contributed by atoms with Gasteiger partial charge in [0.05, 0.1) is 5.41 Å². The number of benzene rings is 1. The van der Waals surface area contributed by atoms with Crippen molar-refractivity contribution in [3.05, 3.63) is 30.2 Å². The van der Waals surface area contributed by atoms with Crippen LogP contribution in [0.1, 0.15) is 0 Å². The highest BCUT2D eigenvalue weighted by molar-refractivity contribution is 7.90. The molecule has 0 radical (unpaired) electrons. The first-order chi connectivity index (χ1) is 6.44. The zero-order valence-electron chi connectivity index (χ0n) is 7.04. The second kappa shape index (κ2) is 3.59. The molecule has 0 spiro atoms. The number of phenolic OH excluding ortho intramolecular Hbond substituents is 2. The summed E-state index contributed by atoms with van der Waals surface area (Å²) in [6, 6.07) is 3.30. The molecule has 0 atom stereocenters. The third kappa shape index (κ3) is 2.40. The first-order valence-corrected chi connectivity index (χ1v) is 5.00. The highest BCUT2D eigenvalue weighted by atomic mass is 32.2. The summed E-state index contributed by atoms with van der Waals surface area (Å²) in [4.78, 5) is 0. The second-order valence-electron chi connectivity index (χ2n) is 2.39. The molecule has 0 saturated heterocycles. The molecular formula is C8H8O5S. The molecule has 14 heavy (non-hydrogen) atoms. The van der Waals surface area contributed by atoms with E-state index < -0.39 is 15.9 Å². The Balaban J connectivity index is 3.00. The fourth-order valence-corrected chi connectivity index (χ4v) is 1.16. The van der Waals surface area contributed by atoms with Crippen molar-refractivity contribution in [1.82, 2.24) is 0 Å². The van der Waals surface area contributed by atoms with E-state index in [-0.39, 0.29) is 11.5 Å². The van der Waals surface area contributed by atoms with Crippen LogP contribution >= 0.6 is 0 Å². The van der Waals surface area contributed by atoms with Crippen molar-refractivity contribution in [2.45, 2.75) is 0 Å². The predicted octanol–water partition coefficient (Wildman–Crippen LogP) is 0.950. The Morgan fingerprint density at radius 3 is 2.43 bits per heavy atom. The van der Waals surface area contributed by atoms with Crippen LogP contribution in [0.5, 0.6) is 17.2 Å². The van der Waals surface area contributed by atoms with Gasteiger partial charge >= 0.3 is 10.1 Å². The topological polar surface area (TPSA) is 83.8 Å². The molecule has 1 aromatic carbocycles. The fraction of sp³-hybridized carbons (Fsp3) is 0. The third-order valence-corrected chi connectivity index (χ3v) is 2.20. The summed E-state index contributed by atoms with van der Waals surface area (Å²) < 4.78 is 26.2. The molecule has 5 nitrogen and oxygen atoms in total. The Hall–Kier alpha value is -1.69. The summed E-state index contributed by atoms with van der Waals surface area (Å²) in [5.74, 6) is -0.907. The Bertz CT molecular complexity index is 449. The van der Waals surface area contributed by atoms with Crippen molar-refractivity contribution in [3.63, 3.8) is 0 Å². The van der Waals surface area contributed by atoms with Gasteiger partial charge in [-0.3, -0.25) is 0 Å². The maximum atomic E-state index is 10.9. The summed E-state index contributed by atoms with van der Waals surface area (Å²) in [7, 11) is -3.83. The standard InChI is InChI=1S/C8H8O5S/c1-2-14(11,12)13-6-3-4-7(9)8(10)5-6/h2-5,9-10H,1H2. The van der Waals surface area contributed by atoms with Gasteiger partial charge in [0.1, 0.15) is 5.75 Å². The summed E-state index contributed by atoms with van der Waals surface area (Å²) in [5.41, 5.74) is 0. The Morgan fingerprint density at radius 1 is 1.29 bits per heavy atom. The lowest BCUT2D eigenvalue weighted by atomic mass is 10.3. The molecule has 0 aromatic heterocycles. The molecule has 1 rings (SSSR count). The normalized spacial score (nSPS) is 10.9. The van der Waals surface area contributed by atoms with Crippen LogP contribution in [-0.4, -0.2) is 18.6 Å². The van der Waals surface area contributed by atoms with Crippen LogP contribution in [0.2, 0.25) is 0 Å². The van der Waals surface area contributed by atoms with Gasteiger partial charge in [0, 0.05) is 6.07 Å². The number of rotatable bonds is 3. The van der Waals surface area contributed by atoms with E-state index in [4.69, 9.17) is 10.2 Å². The van der Waals surface area contributed by atoms with Crippen molar-refractivity contribution in [2.24, 2.45) is 0 Å². The van der Waals surface area contributed by atoms with Crippen LogP contribution < -0.4 is 4.18 Å². The van der Waals surface area contributed by atoms with Crippen LogP contribution in [0.3, 0.4) is 0 Å². The van der Waals surface area contributed by atoms with Crippen LogP contribution in [0.4, 0.5) is 0 Å². The van der Waals surface area contributed by atoms with Crippen molar-refractivity contribution in [3.8, 4) is 17.2 Å². The molecule has 0 fully saturated rings. The van der Waals surface area contributed by atoms with Crippen molar-refractivity contribution < 1.29 is 22.8 Å². The molecule has 0 saturated carbocycles. The maximum absolute atomic E-state index is 10.9. The van der Waals surface area contributed by atoms with Crippen LogP contribution in [0.25, 0.3) is 0 Å². The van der Waals surface area contributed by atoms with Crippen LogP contribution in [-0.2, 0) is 10.1 Å². The van der Waals surface area contributed by atoms with E-state index in [9.17, 15) is 8.42 Å². The summed E-state index contributed by atoms with van der Waals surface area (Å²) in [5, 5.41) is 18.6. The number of hydrogen-bond donors (Lipinski definition) is 2. The molecule has 1 aromatic rings. The lowest BCUT2D eigenvalue weighted by molar-refractivity contribution is 0.400. The summed E-state index contributed by atoms with van der Waals surface area (Å²) in [6.45, 7) is 3.04. The maximum Gasteiger partial charge on any atom is 0.331 e. The van der Waals surface area contributed by atoms with Gasteiger partial charge in [-0.05, 0) is 12.1 Å². The number of hydrogen-bond acceptors (Lipinski definition) is 5. The molecule has 0 heterocycles. The average molecular weight is 216 g/mol. The average Bonchev–Trinajstić information content (AvgIpc) is 2.11. The highest BCUT2D eigenvalue weighted by Gasteiger charge is 2.08. The molecule has 2 N–H and O–H groups in total. The van der Waals surface area contributed by atoms with E-state index in [0.717, 1.165) is 12.1 Å². The fourth-order valence-electron chi connectivity index (χ4n) is 0.723. The van der Waals surface area contributed by atoms with E-state index in [1.165, 1.54) is 6.07 Å². The van der Waals surface area contributed by atoms with Gasteiger partial charge in [-0.15, -0.1) is 0 Å². The molecule has 0 unspecified atom stereocenters. The van der Waals surface area contributed by atoms with Crippen molar-refractivity contribution in [1.29, 1.82) is 0 Å². The third-order valence-electron chi connectivity index (χ3n) is 1.36. The first-order valence-electron chi connectivity index (χ1n) is 3.53. The molecule has 0 aliphatic rings. The Morgan fingerprint density at radius 2 is 1.93 bits per heavy atom. The minimum atomic E-state index is -3.83. The number of phenols is 2. The van der Waals surface area contributed by atoms with Crippen molar-refractivity contribution in [2.75, 3.05) is 0 Å². The SMILES string of the molecule is C=CS(=O)(=O)Oc1ccc(O)c(O)c1. The van der Waals surface area contributed by atoms with Crippen LogP contribution in [0, 0.1) is 0 Å². The molecule has 0 aliphatic carbocycles. The predicted molar refractivity (Wildman–Crippen MR) is 49.5 cm³/mol. The van der Waals surface area contributed by atoms with Gasteiger partial charge in [-0.25, -0.2) is 0 Å². The lowest BCUT2D eigenvalue weighted by Crippen LogP contribution is -2.04. The lowest BCUT2D eigenvalue weighted by Gasteiger charge is -2.03. The van der Waals surface area contributed by atoms with E-state index in [1.807, 2.05) is 0 Å². The molecular weight excluding hydrogens is 208 g/mol. The van der Waals surface area contributed by atoms with E-state index in [1.54, 1.807) is 0 Å². The summed E-state index contributed by atoms with van der Waals surface area (Å²) >= 11 is 0. The Labute approximate surface area is 81.0 Å². The molecule has 76 valence electrons. The zero-order valence-corrected chi connectivity index (χ0v) is 7.86. The van der Waals surface area contributed by atoms with E-state index in [2.05, 4.69) is 10.8 Å². The van der Waals surface area contributed by atoms with Crippen LogP contribution in [0.15, 0.2) is 30.2 Å². The van der Waals surface area contributed by atoms with Gasteiger partial charge in [-0.2, -0.15) is 8.42 Å². The smallest absolute Gasteiger partial charge is 0.331 e. The minimum Gasteiger partial charge on any atom is -0.504 e. The molecule has 0 aliphatic heterocycles. The molecule has 0 amide bonds. The summed E-state index contributed by atoms with van der Waals surface area (Å²) in [6.07, 6.45) is 0. The zero-order chi connectivity index (χ0) is 10.8. The Kier molecular flexibility index (Phi) is 2.66.